The SMILES string of the molecule is O=C(N[C@H]1CC[C@H](NCCC2CCCCC2)CC1)c1cc(F)cc(Cl)c1. The number of hydrogen-bond acceptors (Lipinski definition) is 2. The second-order valence-corrected chi connectivity index (χ2v) is 8.36. The van der Waals surface area contributed by atoms with Gasteiger partial charge in [-0.1, -0.05) is 43.7 Å². The summed E-state index contributed by atoms with van der Waals surface area (Å²) in [5, 5.41) is 6.99. The van der Waals surface area contributed by atoms with E-state index in [1.165, 1.54) is 56.7 Å². The number of carbonyl (C=O) groups is 1. The molecule has 0 heterocycles. The molecule has 0 unspecified atom stereocenters. The van der Waals surface area contributed by atoms with Crippen LogP contribution >= 0.6 is 11.6 Å². The molecule has 2 fully saturated rings. The molecule has 0 bridgehead atoms. The quantitative estimate of drug-likeness (QED) is 0.722. The van der Waals surface area contributed by atoms with E-state index in [1.807, 2.05) is 0 Å². The Hall–Kier alpha value is -1.13. The normalized spacial score (nSPS) is 24.4. The highest BCUT2D eigenvalue weighted by atomic mass is 35.5. The van der Waals surface area contributed by atoms with Crippen molar-refractivity contribution in [3.8, 4) is 0 Å². The van der Waals surface area contributed by atoms with Crippen molar-refractivity contribution in [1.29, 1.82) is 0 Å². The Labute approximate surface area is 161 Å². The first-order chi connectivity index (χ1) is 12.6. The molecular formula is C21H30ClFN2O. The molecule has 1 aromatic carbocycles. The fraction of sp³-hybridized carbons (Fsp3) is 0.667. The van der Waals surface area contributed by atoms with Crippen LogP contribution in [0.15, 0.2) is 18.2 Å². The summed E-state index contributed by atoms with van der Waals surface area (Å²) < 4.78 is 13.4. The van der Waals surface area contributed by atoms with Crippen LogP contribution in [-0.4, -0.2) is 24.5 Å². The second-order valence-electron chi connectivity index (χ2n) is 7.93. The van der Waals surface area contributed by atoms with Gasteiger partial charge in [0, 0.05) is 22.7 Å². The van der Waals surface area contributed by atoms with Crippen molar-refractivity contribution in [2.24, 2.45) is 5.92 Å². The van der Waals surface area contributed by atoms with Gasteiger partial charge in [0.05, 0.1) is 0 Å². The van der Waals surface area contributed by atoms with Crippen LogP contribution in [0.5, 0.6) is 0 Å². The van der Waals surface area contributed by atoms with Crippen LogP contribution in [0.25, 0.3) is 0 Å². The minimum atomic E-state index is -0.478. The largest absolute Gasteiger partial charge is 0.349 e. The monoisotopic (exact) mass is 380 g/mol. The molecule has 0 radical (unpaired) electrons. The molecule has 2 aliphatic rings. The summed E-state index contributed by atoms with van der Waals surface area (Å²) in [4.78, 5) is 12.3. The Morgan fingerprint density at radius 2 is 1.69 bits per heavy atom. The molecule has 1 amide bonds. The van der Waals surface area contributed by atoms with Gasteiger partial charge in [-0.25, -0.2) is 4.39 Å². The van der Waals surface area contributed by atoms with Gasteiger partial charge in [-0.15, -0.1) is 0 Å². The lowest BCUT2D eigenvalue weighted by Gasteiger charge is -2.30. The van der Waals surface area contributed by atoms with Crippen molar-refractivity contribution >= 4 is 17.5 Å². The molecule has 0 aromatic heterocycles. The third-order valence-electron chi connectivity index (χ3n) is 5.90. The lowest BCUT2D eigenvalue weighted by atomic mass is 9.86. The molecule has 3 nitrogen and oxygen atoms in total. The van der Waals surface area contributed by atoms with E-state index in [2.05, 4.69) is 10.6 Å². The number of rotatable bonds is 6. The number of amides is 1. The van der Waals surface area contributed by atoms with Gasteiger partial charge in [-0.2, -0.15) is 0 Å². The molecule has 2 saturated carbocycles. The third-order valence-corrected chi connectivity index (χ3v) is 6.12. The van der Waals surface area contributed by atoms with E-state index in [0.717, 1.165) is 38.1 Å². The maximum Gasteiger partial charge on any atom is 0.251 e. The van der Waals surface area contributed by atoms with Gasteiger partial charge < -0.3 is 10.6 Å². The first-order valence-electron chi connectivity index (χ1n) is 10.1. The minimum absolute atomic E-state index is 0.168. The summed E-state index contributed by atoms with van der Waals surface area (Å²) in [7, 11) is 0. The highest BCUT2D eigenvalue weighted by Crippen LogP contribution is 2.26. The van der Waals surface area contributed by atoms with Gasteiger partial charge in [0.1, 0.15) is 5.82 Å². The van der Waals surface area contributed by atoms with E-state index in [1.54, 1.807) is 0 Å². The summed E-state index contributed by atoms with van der Waals surface area (Å²) in [6.45, 7) is 1.12. The first-order valence-corrected chi connectivity index (χ1v) is 10.5. The van der Waals surface area contributed by atoms with E-state index in [0.29, 0.717) is 11.6 Å². The van der Waals surface area contributed by atoms with Crippen molar-refractivity contribution in [3.63, 3.8) is 0 Å². The first kappa shape index (κ1) is 19.6. The molecule has 0 saturated heterocycles. The van der Waals surface area contributed by atoms with Crippen LogP contribution in [0.3, 0.4) is 0 Å². The van der Waals surface area contributed by atoms with E-state index in [9.17, 15) is 9.18 Å². The molecule has 0 spiro atoms. The predicted molar refractivity (Wildman–Crippen MR) is 104 cm³/mol. The zero-order valence-electron chi connectivity index (χ0n) is 15.4. The maximum atomic E-state index is 13.4. The Bertz CT molecular complexity index is 575. The predicted octanol–water partition coefficient (Wildman–Crippen LogP) is 5.08. The average molecular weight is 381 g/mol. The van der Waals surface area contributed by atoms with Gasteiger partial charge in [0.15, 0.2) is 0 Å². The maximum absolute atomic E-state index is 13.4. The van der Waals surface area contributed by atoms with Gasteiger partial charge in [0.2, 0.25) is 0 Å². The minimum Gasteiger partial charge on any atom is -0.349 e. The topological polar surface area (TPSA) is 41.1 Å². The van der Waals surface area contributed by atoms with Gasteiger partial charge in [-0.05, 0) is 62.8 Å². The Morgan fingerprint density at radius 1 is 1.00 bits per heavy atom. The van der Waals surface area contributed by atoms with E-state index in [-0.39, 0.29) is 17.0 Å². The molecule has 2 aliphatic carbocycles. The summed E-state index contributed by atoms with van der Waals surface area (Å²) in [6, 6.07) is 4.69. The van der Waals surface area contributed by atoms with Gasteiger partial charge >= 0.3 is 0 Å². The molecule has 5 heteroatoms. The molecule has 1 aromatic rings. The molecular weight excluding hydrogens is 351 g/mol. The Kier molecular flexibility index (Phi) is 7.32. The smallest absolute Gasteiger partial charge is 0.251 e. The highest BCUT2D eigenvalue weighted by molar-refractivity contribution is 6.31. The zero-order chi connectivity index (χ0) is 18.4. The van der Waals surface area contributed by atoms with Crippen LogP contribution in [0, 0.1) is 11.7 Å². The van der Waals surface area contributed by atoms with Crippen molar-refractivity contribution < 1.29 is 9.18 Å². The molecule has 2 N–H and O–H groups in total. The van der Waals surface area contributed by atoms with E-state index >= 15 is 0 Å². The average Bonchev–Trinajstić information content (AvgIpc) is 2.63. The molecule has 0 aliphatic heterocycles. The lowest BCUT2D eigenvalue weighted by Crippen LogP contribution is -2.42. The molecule has 144 valence electrons. The zero-order valence-corrected chi connectivity index (χ0v) is 16.2. The number of nitrogens with one attached hydrogen (secondary N) is 2. The van der Waals surface area contributed by atoms with Crippen molar-refractivity contribution in [2.75, 3.05) is 6.54 Å². The van der Waals surface area contributed by atoms with Gasteiger partial charge in [-0.3, -0.25) is 4.79 Å². The van der Waals surface area contributed by atoms with Crippen molar-refractivity contribution in [3.05, 3.63) is 34.6 Å². The third kappa shape index (κ3) is 5.95. The van der Waals surface area contributed by atoms with E-state index in [4.69, 9.17) is 11.6 Å². The fourth-order valence-corrected chi connectivity index (χ4v) is 4.58. The number of halogens is 2. The number of benzene rings is 1. The summed E-state index contributed by atoms with van der Waals surface area (Å²) in [6.07, 6.45) is 12.5. The van der Waals surface area contributed by atoms with Gasteiger partial charge in [0.25, 0.3) is 5.91 Å². The van der Waals surface area contributed by atoms with Crippen LogP contribution in [0.1, 0.15) is 74.6 Å². The van der Waals surface area contributed by atoms with Crippen molar-refractivity contribution in [2.45, 2.75) is 76.3 Å². The Morgan fingerprint density at radius 3 is 2.38 bits per heavy atom. The number of carbonyl (C=O) groups excluding carboxylic acids is 1. The second kappa shape index (κ2) is 9.70. The van der Waals surface area contributed by atoms with Crippen LogP contribution < -0.4 is 10.6 Å². The Balaban J connectivity index is 1.36. The molecule has 3 rings (SSSR count). The van der Waals surface area contributed by atoms with Crippen LogP contribution in [0.4, 0.5) is 4.39 Å². The molecule has 26 heavy (non-hydrogen) atoms. The van der Waals surface area contributed by atoms with Crippen LogP contribution in [0.2, 0.25) is 5.02 Å². The summed E-state index contributed by atoms with van der Waals surface area (Å²) in [5.74, 6) is 0.207. The summed E-state index contributed by atoms with van der Waals surface area (Å²) in [5.41, 5.74) is 0.294. The summed E-state index contributed by atoms with van der Waals surface area (Å²) >= 11 is 5.83. The lowest BCUT2D eigenvalue weighted by molar-refractivity contribution is 0.0923. The molecule has 0 atom stereocenters. The van der Waals surface area contributed by atoms with E-state index < -0.39 is 5.82 Å². The fourth-order valence-electron chi connectivity index (χ4n) is 4.36. The standard InChI is InChI=1S/C21H30ClFN2O/c22-17-12-16(13-18(23)14-17)21(26)25-20-8-6-19(7-9-20)24-11-10-15-4-2-1-3-5-15/h12-15,19-20,24H,1-11H2,(H,25,26)/t19-,20-. The highest BCUT2D eigenvalue weighted by Gasteiger charge is 2.23. The van der Waals surface area contributed by atoms with Crippen molar-refractivity contribution in [1.82, 2.24) is 10.6 Å². The number of hydrogen-bond donors (Lipinski definition) is 2. The van der Waals surface area contributed by atoms with Crippen LogP contribution in [-0.2, 0) is 0 Å².